The van der Waals surface area contributed by atoms with Crippen molar-refractivity contribution in [3.05, 3.63) is 33.4 Å². The third-order valence-electron chi connectivity index (χ3n) is 4.13. The Morgan fingerprint density at radius 3 is 1.83 bits per heavy atom. The molecule has 0 fully saturated rings. The van der Waals surface area contributed by atoms with Crippen LogP contribution in [-0.4, -0.2) is 37.1 Å². The highest BCUT2D eigenvalue weighted by molar-refractivity contribution is 6.17. The van der Waals surface area contributed by atoms with Crippen LogP contribution in [-0.2, 0) is 0 Å². The van der Waals surface area contributed by atoms with E-state index in [0.29, 0.717) is 0 Å². The average Bonchev–Trinajstić information content (AvgIpc) is 2.65. The molecule has 94 valence electrons. The second-order valence-corrected chi connectivity index (χ2v) is 4.84. The minimum Gasteiger partial charge on any atom is -0.229 e. The largest absolute Gasteiger partial charge is 0.270 e. The van der Waals surface area contributed by atoms with Crippen molar-refractivity contribution >= 4 is 18.4 Å². The van der Waals surface area contributed by atoms with Crippen LogP contribution >= 0.6 is 0 Å². The number of aliphatic imine (C=N–C) groups is 2. The van der Waals surface area contributed by atoms with Gasteiger partial charge in [0.05, 0.1) is 31.9 Å². The topological polar surface area (TPSA) is 27.7 Å². The van der Waals surface area contributed by atoms with Crippen molar-refractivity contribution < 1.29 is 4.58 Å². The molecule has 0 saturated heterocycles. The van der Waals surface area contributed by atoms with Crippen LogP contribution in [0.5, 0.6) is 0 Å². The first-order valence-corrected chi connectivity index (χ1v) is 6.11. The summed E-state index contributed by atoms with van der Waals surface area (Å²) >= 11 is 0. The molecule has 2 rings (SSSR count). The molecule has 0 bridgehead atoms. The Morgan fingerprint density at radius 1 is 0.889 bits per heavy atom. The Morgan fingerprint density at radius 2 is 1.39 bits per heavy atom. The number of rotatable bonds is 0. The summed E-state index contributed by atoms with van der Waals surface area (Å²) in [6.45, 7) is 12.3. The zero-order valence-corrected chi connectivity index (χ0v) is 12.0. The predicted octanol–water partition coefficient (Wildman–Crippen LogP) is 2.40. The lowest BCUT2D eigenvalue weighted by atomic mass is 9.89. The Kier molecular flexibility index (Phi) is 2.93. The van der Waals surface area contributed by atoms with Crippen LogP contribution < -0.4 is 0 Å². The lowest BCUT2D eigenvalue weighted by Gasteiger charge is -2.13. The van der Waals surface area contributed by atoms with Crippen LogP contribution in [0, 0.1) is 27.7 Å². The van der Waals surface area contributed by atoms with Crippen molar-refractivity contribution in [3.63, 3.8) is 0 Å². The van der Waals surface area contributed by atoms with Crippen LogP contribution in [0.4, 0.5) is 0 Å². The zero-order valence-electron chi connectivity index (χ0n) is 12.0. The number of hydrogen-bond donors (Lipinski definition) is 0. The lowest BCUT2D eigenvalue weighted by Crippen LogP contribution is -2.16. The van der Waals surface area contributed by atoms with Crippen molar-refractivity contribution in [1.29, 1.82) is 0 Å². The highest BCUT2D eigenvalue weighted by Gasteiger charge is 2.35. The van der Waals surface area contributed by atoms with Crippen LogP contribution in [0.1, 0.15) is 33.4 Å². The Labute approximate surface area is 109 Å². The van der Waals surface area contributed by atoms with Gasteiger partial charge in [-0.1, -0.05) is 0 Å². The fraction of sp³-hybridized carbons (Fsp3) is 0.400. The molecule has 0 saturated carbocycles. The van der Waals surface area contributed by atoms with E-state index < -0.39 is 0 Å². The van der Waals surface area contributed by atoms with E-state index in [2.05, 4.69) is 44.4 Å². The Bertz CT molecular complexity index is 619. The van der Waals surface area contributed by atoms with E-state index in [0.717, 1.165) is 11.7 Å². The highest BCUT2D eigenvalue weighted by atomic mass is 15.1. The molecule has 3 heteroatoms. The van der Waals surface area contributed by atoms with E-state index in [1.165, 1.54) is 33.4 Å². The van der Waals surface area contributed by atoms with E-state index in [1.807, 2.05) is 18.7 Å². The van der Waals surface area contributed by atoms with Gasteiger partial charge in [-0.05, 0) is 49.9 Å². The van der Waals surface area contributed by atoms with Gasteiger partial charge in [0.2, 0.25) is 0 Å². The maximum absolute atomic E-state index is 4.41. The van der Waals surface area contributed by atoms with E-state index in [9.17, 15) is 0 Å². The second-order valence-electron chi connectivity index (χ2n) is 4.84. The minimum absolute atomic E-state index is 0.911. The maximum atomic E-state index is 4.41. The van der Waals surface area contributed by atoms with Crippen molar-refractivity contribution in [2.24, 2.45) is 9.98 Å². The normalized spacial score (nSPS) is 16.4. The molecule has 0 atom stereocenters. The molecule has 18 heavy (non-hydrogen) atoms. The van der Waals surface area contributed by atoms with Crippen molar-refractivity contribution in [2.45, 2.75) is 27.7 Å². The van der Waals surface area contributed by atoms with E-state index in [1.54, 1.807) is 0 Å². The van der Waals surface area contributed by atoms with Gasteiger partial charge in [-0.2, -0.15) is 0 Å². The number of fused-ring (bicyclic) bond motifs is 1. The summed E-state index contributed by atoms with van der Waals surface area (Å²) in [5.41, 5.74) is 7.64. The van der Waals surface area contributed by atoms with Crippen LogP contribution in [0.25, 0.3) is 0 Å². The molecular formula is C15H20N3+. The number of hydrogen-bond acceptors (Lipinski definition) is 2. The molecule has 1 aliphatic heterocycles. The first-order valence-electron chi connectivity index (χ1n) is 6.11. The monoisotopic (exact) mass is 242 g/mol. The van der Waals surface area contributed by atoms with Gasteiger partial charge < -0.3 is 0 Å². The molecule has 0 radical (unpaired) electrons. The molecule has 0 spiro atoms. The Hall–Kier alpha value is -1.77. The molecule has 3 nitrogen and oxygen atoms in total. The van der Waals surface area contributed by atoms with Crippen LogP contribution in [0.3, 0.4) is 0 Å². The fourth-order valence-electron chi connectivity index (χ4n) is 2.75. The van der Waals surface area contributed by atoms with Gasteiger partial charge in [0, 0.05) is 0 Å². The molecule has 1 heterocycles. The van der Waals surface area contributed by atoms with E-state index in [4.69, 9.17) is 0 Å². The SMILES string of the molecule is C=NC1=[N+](C)C(=NC)c2c(C)c(C)c(C)c(C)c21. The molecule has 1 aromatic carbocycles. The summed E-state index contributed by atoms with van der Waals surface area (Å²) in [4.78, 5) is 8.61. The second kappa shape index (κ2) is 4.16. The lowest BCUT2D eigenvalue weighted by molar-refractivity contribution is -0.367. The summed E-state index contributed by atoms with van der Waals surface area (Å²) in [6.07, 6.45) is 0. The molecule has 0 N–H and O–H groups in total. The third kappa shape index (κ3) is 1.40. The smallest absolute Gasteiger partial charge is 0.229 e. The van der Waals surface area contributed by atoms with Gasteiger partial charge in [0.1, 0.15) is 0 Å². The predicted molar refractivity (Wildman–Crippen MR) is 77.7 cm³/mol. The summed E-state index contributed by atoms with van der Waals surface area (Å²) in [6, 6.07) is 0. The average molecular weight is 242 g/mol. The molecule has 1 aromatic rings. The van der Waals surface area contributed by atoms with Gasteiger partial charge in [-0.3, -0.25) is 0 Å². The molecule has 0 unspecified atom stereocenters. The number of benzene rings is 1. The first kappa shape index (κ1) is 12.7. The first-order chi connectivity index (χ1) is 8.45. The van der Waals surface area contributed by atoms with Gasteiger partial charge >= 0.3 is 0 Å². The van der Waals surface area contributed by atoms with Crippen LogP contribution in [0.2, 0.25) is 0 Å². The summed E-state index contributed by atoms with van der Waals surface area (Å²) in [5.74, 6) is 1.89. The summed E-state index contributed by atoms with van der Waals surface area (Å²) < 4.78 is 2.02. The van der Waals surface area contributed by atoms with E-state index in [-0.39, 0.29) is 0 Å². The molecule has 0 aliphatic carbocycles. The van der Waals surface area contributed by atoms with Crippen molar-refractivity contribution in [2.75, 3.05) is 14.1 Å². The standard InChI is InChI=1S/C15H20N3/c1-8-9(2)11(4)13-12(10(8)3)14(16-5)18(7)15(13)17-6/h5H2,1-4,6-7H3/q+1. The quantitative estimate of drug-likeness (QED) is 0.493. The number of nitrogens with zero attached hydrogens (tertiary/aromatic N) is 3. The zero-order chi connectivity index (χ0) is 13.6. The van der Waals surface area contributed by atoms with Gasteiger partial charge in [0.25, 0.3) is 11.7 Å². The molecule has 0 amide bonds. The minimum atomic E-state index is 0.911. The third-order valence-corrected chi connectivity index (χ3v) is 4.13. The van der Waals surface area contributed by atoms with Crippen molar-refractivity contribution in [1.82, 2.24) is 0 Å². The van der Waals surface area contributed by atoms with Gasteiger partial charge in [-0.15, -0.1) is 9.98 Å². The summed E-state index contributed by atoms with van der Waals surface area (Å²) in [7, 11) is 3.82. The van der Waals surface area contributed by atoms with Crippen LogP contribution in [0.15, 0.2) is 9.98 Å². The highest BCUT2D eigenvalue weighted by Crippen LogP contribution is 2.31. The summed E-state index contributed by atoms with van der Waals surface area (Å²) in [5, 5.41) is 0. The van der Waals surface area contributed by atoms with E-state index >= 15 is 0 Å². The number of amidine groups is 2. The molecular weight excluding hydrogens is 222 g/mol. The molecule has 1 aliphatic rings. The fourth-order valence-corrected chi connectivity index (χ4v) is 2.75. The molecule has 0 aromatic heterocycles. The van der Waals surface area contributed by atoms with Crippen molar-refractivity contribution in [3.8, 4) is 0 Å². The van der Waals surface area contributed by atoms with Gasteiger partial charge in [0.15, 0.2) is 0 Å². The van der Waals surface area contributed by atoms with Gasteiger partial charge in [-0.25, -0.2) is 4.58 Å². The Balaban J connectivity index is 2.99. The maximum Gasteiger partial charge on any atom is 0.270 e.